The summed E-state index contributed by atoms with van der Waals surface area (Å²) >= 11 is 1.70. The van der Waals surface area contributed by atoms with Crippen LogP contribution in [0.3, 0.4) is 0 Å². The third-order valence-electron chi connectivity index (χ3n) is 4.41. The third-order valence-corrected chi connectivity index (χ3v) is 5.46. The molecule has 1 aliphatic rings. The Bertz CT molecular complexity index is 680. The van der Waals surface area contributed by atoms with Gasteiger partial charge in [-0.2, -0.15) is 5.10 Å². The minimum absolute atomic E-state index is 0.0506. The molecule has 1 saturated heterocycles. The van der Waals surface area contributed by atoms with Crippen LogP contribution >= 0.6 is 11.3 Å². The molecule has 0 unspecified atom stereocenters. The number of aryl methyl sites for hydroxylation is 2. The fourth-order valence-corrected chi connectivity index (χ4v) is 3.91. The molecule has 7 heteroatoms. The van der Waals surface area contributed by atoms with Crippen molar-refractivity contribution in [2.24, 2.45) is 13.0 Å². The molecule has 130 valence electrons. The molecule has 24 heavy (non-hydrogen) atoms. The van der Waals surface area contributed by atoms with Crippen LogP contribution in [0.15, 0.2) is 17.8 Å². The average Bonchev–Trinajstić information content (AvgIpc) is 3.29. The van der Waals surface area contributed by atoms with E-state index in [4.69, 9.17) is 0 Å². The summed E-state index contributed by atoms with van der Waals surface area (Å²) in [5, 5.41) is 10.5. The Kier molecular flexibility index (Phi) is 5.50. The lowest BCUT2D eigenvalue weighted by Crippen LogP contribution is -2.39. The molecule has 3 heterocycles. The predicted octanol–water partition coefficient (Wildman–Crippen LogP) is 2.26. The van der Waals surface area contributed by atoms with Gasteiger partial charge >= 0.3 is 6.03 Å². The Balaban J connectivity index is 1.39. The zero-order valence-electron chi connectivity index (χ0n) is 14.4. The lowest BCUT2D eigenvalue weighted by atomic mass is 10.0. The van der Waals surface area contributed by atoms with Gasteiger partial charge in [0.15, 0.2) is 0 Å². The Morgan fingerprint density at radius 2 is 2.38 bits per heavy atom. The fourth-order valence-electron chi connectivity index (χ4n) is 3.13. The van der Waals surface area contributed by atoms with Crippen LogP contribution in [0.4, 0.5) is 4.79 Å². The van der Waals surface area contributed by atoms with Gasteiger partial charge in [-0.3, -0.25) is 4.68 Å². The van der Waals surface area contributed by atoms with Crippen LogP contribution in [-0.2, 0) is 26.3 Å². The molecule has 1 atom stereocenters. The highest BCUT2D eigenvalue weighted by Crippen LogP contribution is 2.20. The van der Waals surface area contributed by atoms with Gasteiger partial charge in [-0.15, -0.1) is 11.3 Å². The van der Waals surface area contributed by atoms with E-state index < -0.39 is 0 Å². The number of carbonyl (C=O) groups excluding carboxylic acids is 1. The zero-order chi connectivity index (χ0) is 16.9. The summed E-state index contributed by atoms with van der Waals surface area (Å²) in [4.78, 5) is 18.7. The molecule has 2 amide bonds. The highest BCUT2D eigenvalue weighted by atomic mass is 32.1. The molecule has 0 bridgehead atoms. The molecule has 2 aromatic rings. The Hall–Kier alpha value is -1.89. The second kappa shape index (κ2) is 7.79. The van der Waals surface area contributed by atoms with E-state index in [9.17, 15) is 4.79 Å². The molecule has 0 spiro atoms. The molecule has 0 aliphatic carbocycles. The predicted molar refractivity (Wildman–Crippen MR) is 95.2 cm³/mol. The van der Waals surface area contributed by atoms with Crippen LogP contribution in [0.2, 0.25) is 0 Å². The van der Waals surface area contributed by atoms with Crippen molar-refractivity contribution in [3.05, 3.63) is 34.0 Å². The summed E-state index contributed by atoms with van der Waals surface area (Å²) in [5.41, 5.74) is 2.33. The smallest absolute Gasteiger partial charge is 0.317 e. The molecular weight excluding hydrogens is 322 g/mol. The largest absolute Gasteiger partial charge is 0.338 e. The number of urea groups is 1. The average molecular weight is 347 g/mol. The highest BCUT2D eigenvalue weighted by molar-refractivity contribution is 7.09. The fraction of sp³-hybridized carbons (Fsp3) is 0.588. The number of hydrogen-bond acceptors (Lipinski definition) is 4. The number of nitrogens with one attached hydrogen (secondary N) is 1. The molecular formula is C17H25N5OS. The van der Waals surface area contributed by atoms with E-state index >= 15 is 0 Å². The maximum atomic E-state index is 12.3. The maximum absolute atomic E-state index is 12.3. The number of aromatic nitrogens is 3. The van der Waals surface area contributed by atoms with E-state index in [1.54, 1.807) is 11.3 Å². The molecule has 0 saturated carbocycles. The van der Waals surface area contributed by atoms with Crippen LogP contribution in [0.25, 0.3) is 0 Å². The lowest BCUT2D eigenvalue weighted by molar-refractivity contribution is 0.207. The summed E-state index contributed by atoms with van der Waals surface area (Å²) in [7, 11) is 1.93. The monoisotopic (exact) mass is 347 g/mol. The van der Waals surface area contributed by atoms with Gasteiger partial charge in [0.25, 0.3) is 0 Å². The normalized spacial score (nSPS) is 17.4. The molecule has 3 rings (SSSR count). The van der Waals surface area contributed by atoms with Crippen LogP contribution in [0.1, 0.15) is 29.6 Å². The second-order valence-electron chi connectivity index (χ2n) is 6.40. The summed E-state index contributed by atoms with van der Waals surface area (Å²) in [6.07, 6.45) is 7.81. The number of amides is 2. The SMILES string of the molecule is CCc1nc(CCNC(=O)N2CC[C@H](Cc3cnn(C)c3)C2)cs1. The molecule has 6 nitrogen and oxygen atoms in total. The van der Waals surface area contributed by atoms with Gasteiger partial charge < -0.3 is 10.2 Å². The zero-order valence-corrected chi connectivity index (χ0v) is 15.2. The van der Waals surface area contributed by atoms with Gasteiger partial charge in [0.1, 0.15) is 0 Å². The van der Waals surface area contributed by atoms with E-state index in [-0.39, 0.29) is 6.03 Å². The van der Waals surface area contributed by atoms with E-state index in [2.05, 4.69) is 33.9 Å². The van der Waals surface area contributed by atoms with Gasteiger partial charge in [0.2, 0.25) is 0 Å². The van der Waals surface area contributed by atoms with Crippen molar-refractivity contribution >= 4 is 17.4 Å². The van der Waals surface area contributed by atoms with Crippen LogP contribution in [0.5, 0.6) is 0 Å². The quantitative estimate of drug-likeness (QED) is 0.872. The van der Waals surface area contributed by atoms with Crippen molar-refractivity contribution in [3.8, 4) is 0 Å². The van der Waals surface area contributed by atoms with Gasteiger partial charge in [-0.05, 0) is 30.7 Å². The molecule has 1 aliphatic heterocycles. The van der Waals surface area contributed by atoms with E-state index in [0.717, 1.165) is 49.5 Å². The van der Waals surface area contributed by atoms with E-state index in [1.807, 2.05) is 22.8 Å². The van der Waals surface area contributed by atoms with Gasteiger partial charge in [0.05, 0.1) is 16.9 Å². The van der Waals surface area contributed by atoms with Crippen LogP contribution in [0, 0.1) is 5.92 Å². The number of likely N-dealkylation sites (tertiary alicyclic amines) is 1. The van der Waals surface area contributed by atoms with Crippen molar-refractivity contribution < 1.29 is 4.79 Å². The van der Waals surface area contributed by atoms with Gasteiger partial charge in [-0.25, -0.2) is 9.78 Å². The number of hydrogen-bond donors (Lipinski definition) is 1. The number of thiazole rings is 1. The summed E-state index contributed by atoms with van der Waals surface area (Å²) in [6.45, 7) is 4.43. The van der Waals surface area contributed by atoms with Gasteiger partial charge in [0, 0.05) is 44.7 Å². The minimum atomic E-state index is 0.0506. The first-order valence-electron chi connectivity index (χ1n) is 8.57. The molecule has 0 aromatic carbocycles. The van der Waals surface area contributed by atoms with Crippen molar-refractivity contribution in [1.29, 1.82) is 0 Å². The minimum Gasteiger partial charge on any atom is -0.338 e. The highest BCUT2D eigenvalue weighted by Gasteiger charge is 2.26. The molecule has 2 aromatic heterocycles. The third kappa shape index (κ3) is 4.35. The lowest BCUT2D eigenvalue weighted by Gasteiger charge is -2.17. The van der Waals surface area contributed by atoms with Crippen molar-refractivity contribution in [2.75, 3.05) is 19.6 Å². The summed E-state index contributed by atoms with van der Waals surface area (Å²) < 4.78 is 1.83. The molecule has 1 N–H and O–H groups in total. The number of nitrogens with zero attached hydrogens (tertiary/aromatic N) is 4. The van der Waals surface area contributed by atoms with Crippen molar-refractivity contribution in [3.63, 3.8) is 0 Å². The maximum Gasteiger partial charge on any atom is 0.317 e. The van der Waals surface area contributed by atoms with Crippen LogP contribution in [-0.4, -0.2) is 45.3 Å². The topological polar surface area (TPSA) is 63.1 Å². The Labute approximate surface area is 146 Å². The number of rotatable bonds is 6. The molecule has 1 fully saturated rings. The number of carbonyl (C=O) groups is 1. The standard InChI is InChI=1S/C17H25N5OS/c1-3-16-20-15(12-24-16)4-6-18-17(23)22-7-5-13(11-22)8-14-9-19-21(2)10-14/h9-10,12-13H,3-8,11H2,1-2H3,(H,18,23)/t13-/m1/s1. The molecule has 0 radical (unpaired) electrons. The van der Waals surface area contributed by atoms with E-state index in [0.29, 0.717) is 12.5 Å². The van der Waals surface area contributed by atoms with Crippen LogP contribution < -0.4 is 5.32 Å². The van der Waals surface area contributed by atoms with Crippen molar-refractivity contribution in [2.45, 2.75) is 32.6 Å². The first-order chi connectivity index (χ1) is 11.6. The summed E-state index contributed by atoms with van der Waals surface area (Å²) in [6, 6.07) is 0.0506. The Morgan fingerprint density at radius 1 is 1.50 bits per heavy atom. The van der Waals surface area contributed by atoms with E-state index in [1.165, 1.54) is 5.56 Å². The van der Waals surface area contributed by atoms with Crippen molar-refractivity contribution in [1.82, 2.24) is 25.0 Å². The Morgan fingerprint density at radius 3 is 3.08 bits per heavy atom. The summed E-state index contributed by atoms with van der Waals surface area (Å²) in [5.74, 6) is 0.533. The second-order valence-corrected chi connectivity index (χ2v) is 7.34. The van der Waals surface area contributed by atoms with Gasteiger partial charge in [-0.1, -0.05) is 6.92 Å². The first kappa shape index (κ1) is 17.0. The first-order valence-corrected chi connectivity index (χ1v) is 9.45.